The average Bonchev–Trinajstić information content (AvgIpc) is 3.43. The maximum atomic E-state index is 13.4. The molecule has 1 aromatic rings. The van der Waals surface area contributed by atoms with Crippen LogP contribution in [-0.2, 0) is 30.4 Å². The van der Waals surface area contributed by atoms with Gasteiger partial charge >= 0.3 is 5.97 Å². The second-order valence-electron chi connectivity index (χ2n) is 11.3. The minimum Gasteiger partial charge on any atom is -0.457 e. The second-order valence-corrected chi connectivity index (χ2v) is 13.3. The summed E-state index contributed by atoms with van der Waals surface area (Å²) in [4.78, 5) is 48.0. The molecule has 2 atom stereocenters. The van der Waals surface area contributed by atoms with E-state index in [1.54, 1.807) is 13.8 Å². The van der Waals surface area contributed by atoms with Crippen LogP contribution in [0.25, 0.3) is 0 Å². The predicted molar refractivity (Wildman–Crippen MR) is 174 cm³/mol. The third kappa shape index (κ3) is 14.0. The minimum absolute atomic E-state index is 0.214. The predicted octanol–water partition coefficient (Wildman–Crippen LogP) is 5.65. The van der Waals surface area contributed by atoms with E-state index in [9.17, 15) is 14.4 Å². The molecule has 1 aliphatic rings. The molecule has 2 bridgehead atoms. The molecular weight excluding hydrogens is 588 g/mol. The lowest BCUT2D eigenvalue weighted by Crippen LogP contribution is -2.52. The summed E-state index contributed by atoms with van der Waals surface area (Å²) in [6.07, 6.45) is 14.0. The zero-order chi connectivity index (χ0) is 31.7. The van der Waals surface area contributed by atoms with Crippen LogP contribution in [-0.4, -0.2) is 70.1 Å². The number of nitrogens with one attached hydrogen (secondary N) is 2. The molecule has 43 heavy (non-hydrogen) atoms. The molecular formula is C31H50N4O6S2. The highest BCUT2D eigenvalue weighted by Gasteiger charge is 2.34. The number of carbonyl (C=O) groups excluding carboxylic acids is 3. The Kier molecular flexibility index (Phi) is 17.2. The van der Waals surface area contributed by atoms with Crippen LogP contribution in [0.2, 0.25) is 0 Å². The van der Waals surface area contributed by atoms with Crippen LogP contribution in [0.15, 0.2) is 27.8 Å². The Morgan fingerprint density at radius 2 is 1.98 bits per heavy atom. The fourth-order valence-corrected chi connectivity index (χ4v) is 5.56. The van der Waals surface area contributed by atoms with Crippen LogP contribution in [0.5, 0.6) is 0 Å². The monoisotopic (exact) mass is 638 g/mol. The van der Waals surface area contributed by atoms with Gasteiger partial charge in [-0.05, 0) is 44.9 Å². The first-order valence-corrected chi connectivity index (χ1v) is 17.5. The van der Waals surface area contributed by atoms with Crippen molar-refractivity contribution in [3.05, 3.63) is 30.0 Å². The van der Waals surface area contributed by atoms with Crippen LogP contribution >= 0.6 is 23.5 Å². The quantitative estimate of drug-likeness (QED) is 0.178. The highest BCUT2D eigenvalue weighted by molar-refractivity contribution is 8.14. The Bertz CT molecular complexity index is 1070. The van der Waals surface area contributed by atoms with Gasteiger partial charge in [-0.1, -0.05) is 64.3 Å². The maximum Gasteiger partial charge on any atom is 0.329 e. The van der Waals surface area contributed by atoms with Gasteiger partial charge in [0.15, 0.2) is 5.12 Å². The van der Waals surface area contributed by atoms with Crippen molar-refractivity contribution in [3.8, 4) is 0 Å². The molecule has 2 heterocycles. The Balaban J connectivity index is 2.08. The zero-order valence-electron chi connectivity index (χ0n) is 26.6. The maximum absolute atomic E-state index is 13.4. The fourth-order valence-electron chi connectivity index (χ4n) is 4.17. The van der Waals surface area contributed by atoms with E-state index in [1.807, 2.05) is 32.3 Å². The molecule has 10 nitrogen and oxygen atoms in total. The van der Waals surface area contributed by atoms with Crippen molar-refractivity contribution in [1.29, 1.82) is 0 Å². The highest BCUT2D eigenvalue weighted by Crippen LogP contribution is 2.20. The number of amides is 1. The van der Waals surface area contributed by atoms with Crippen LogP contribution in [0.3, 0.4) is 0 Å². The number of allylic oxidation sites excluding steroid dienone is 1. The lowest BCUT2D eigenvalue weighted by Gasteiger charge is -2.27. The molecule has 0 unspecified atom stereocenters. The largest absolute Gasteiger partial charge is 0.457 e. The Labute approximate surface area is 265 Å². The summed E-state index contributed by atoms with van der Waals surface area (Å²) in [5.74, 6) is 0.0202. The number of rotatable bonds is 11. The third-order valence-corrected chi connectivity index (χ3v) is 8.44. The average molecular weight is 639 g/mol. The summed E-state index contributed by atoms with van der Waals surface area (Å²) >= 11 is 2.71. The standard InChI is InChI=1S/C31H50N4O6S2/c1-7-8-9-10-11-15-26(36)43-18-13-12-14-23-16-17-39-21-32-19-25-33-24(20-40-25)28(42-6)35-31(4,5)30(38)34-27(22(2)3)29(37)41-23/h12,14,20,22-23,27,32H,7-11,13,15-19,21H2,1-6H3,(H,34,38)/b14-12+,35-28?/t23-,27+/m1/s1. The summed E-state index contributed by atoms with van der Waals surface area (Å²) < 4.78 is 17.2. The number of thioether (sulfide) groups is 2. The smallest absolute Gasteiger partial charge is 0.329 e. The molecule has 0 saturated carbocycles. The number of nitrogens with zero attached hydrogens (tertiary/aromatic N) is 2. The van der Waals surface area contributed by atoms with Gasteiger partial charge in [0.25, 0.3) is 0 Å². The molecule has 0 aliphatic carbocycles. The van der Waals surface area contributed by atoms with Crippen molar-refractivity contribution in [2.75, 3.05) is 25.3 Å². The molecule has 1 aromatic heterocycles. The SMILES string of the molecule is CCCCCCCC(=O)SCC/C=C/[C@@H]1CCOCNCc2nc(co2)C(SC)=NC(C)(C)C(=O)N[C@@H](C(C)C)C(=O)O1. The van der Waals surface area contributed by atoms with E-state index in [0.717, 1.165) is 12.8 Å². The van der Waals surface area contributed by atoms with Crippen molar-refractivity contribution in [2.24, 2.45) is 10.9 Å². The van der Waals surface area contributed by atoms with E-state index in [-0.39, 0.29) is 17.8 Å². The Morgan fingerprint density at radius 3 is 2.70 bits per heavy atom. The van der Waals surface area contributed by atoms with Crippen molar-refractivity contribution >= 4 is 45.6 Å². The summed E-state index contributed by atoms with van der Waals surface area (Å²) in [7, 11) is 0. The first-order chi connectivity index (χ1) is 20.6. The molecule has 0 fully saturated rings. The number of aromatic nitrogens is 1. The number of esters is 1. The summed E-state index contributed by atoms with van der Waals surface area (Å²) in [6, 6.07) is -0.860. The van der Waals surface area contributed by atoms with Gasteiger partial charge in [0.05, 0.1) is 19.9 Å². The van der Waals surface area contributed by atoms with Gasteiger partial charge in [0.2, 0.25) is 11.8 Å². The molecule has 2 N–H and O–H groups in total. The van der Waals surface area contributed by atoms with E-state index in [4.69, 9.17) is 13.9 Å². The number of ether oxygens (including phenoxy) is 2. The van der Waals surface area contributed by atoms with Gasteiger partial charge in [0, 0.05) is 18.6 Å². The van der Waals surface area contributed by atoms with Gasteiger partial charge in [-0.15, -0.1) is 11.8 Å². The first kappa shape index (κ1) is 37.0. The van der Waals surface area contributed by atoms with Crippen LogP contribution in [0.1, 0.15) is 97.6 Å². The van der Waals surface area contributed by atoms with E-state index in [1.165, 1.54) is 49.0 Å². The molecule has 242 valence electrons. The molecule has 0 aromatic carbocycles. The van der Waals surface area contributed by atoms with Crippen LogP contribution < -0.4 is 10.6 Å². The normalized spacial score (nSPS) is 20.8. The Hall–Kier alpha value is -2.15. The number of oxazole rings is 1. The lowest BCUT2D eigenvalue weighted by molar-refractivity contribution is -0.153. The van der Waals surface area contributed by atoms with Crippen molar-refractivity contribution in [3.63, 3.8) is 0 Å². The topological polar surface area (TPSA) is 132 Å². The highest BCUT2D eigenvalue weighted by atomic mass is 32.2. The molecule has 0 spiro atoms. The number of cyclic esters (lactones) is 1. The zero-order valence-corrected chi connectivity index (χ0v) is 28.2. The van der Waals surface area contributed by atoms with Crippen LogP contribution in [0.4, 0.5) is 0 Å². The molecule has 1 amide bonds. The summed E-state index contributed by atoms with van der Waals surface area (Å²) in [5, 5.41) is 6.77. The molecule has 0 saturated heterocycles. The van der Waals surface area contributed by atoms with Gasteiger partial charge < -0.3 is 19.2 Å². The molecule has 12 heteroatoms. The summed E-state index contributed by atoms with van der Waals surface area (Å²) in [5.41, 5.74) is -0.640. The van der Waals surface area contributed by atoms with Gasteiger partial charge in [-0.2, -0.15) is 0 Å². The van der Waals surface area contributed by atoms with Gasteiger partial charge in [-0.3, -0.25) is 19.9 Å². The number of hydrogen-bond acceptors (Lipinski definition) is 11. The van der Waals surface area contributed by atoms with Crippen molar-refractivity contribution in [2.45, 2.75) is 110 Å². The van der Waals surface area contributed by atoms with E-state index < -0.39 is 29.6 Å². The lowest BCUT2D eigenvalue weighted by atomic mass is 10.0. The van der Waals surface area contributed by atoms with Gasteiger partial charge in [-0.25, -0.2) is 9.78 Å². The van der Waals surface area contributed by atoms with E-state index in [2.05, 4.69) is 27.5 Å². The van der Waals surface area contributed by atoms with Crippen LogP contribution in [0, 0.1) is 5.92 Å². The third-order valence-electron chi connectivity index (χ3n) is 6.79. The summed E-state index contributed by atoms with van der Waals surface area (Å²) in [6.45, 7) is 10.2. The van der Waals surface area contributed by atoms with Gasteiger partial charge in [0.1, 0.15) is 34.7 Å². The van der Waals surface area contributed by atoms with Crippen molar-refractivity contribution < 1.29 is 28.3 Å². The number of unbranched alkanes of at least 4 members (excludes halogenated alkanes) is 4. The molecule has 1 aliphatic heterocycles. The Morgan fingerprint density at radius 1 is 1.21 bits per heavy atom. The number of carbonyl (C=O) groups is 3. The minimum atomic E-state index is -1.17. The van der Waals surface area contributed by atoms with E-state index >= 15 is 0 Å². The van der Waals surface area contributed by atoms with E-state index in [0.29, 0.717) is 54.8 Å². The fraction of sp³-hybridized carbons (Fsp3) is 0.710. The number of aliphatic imine (C=N–C) groups is 1. The number of hydrogen-bond donors (Lipinski definition) is 2. The first-order valence-electron chi connectivity index (χ1n) is 15.3. The number of fused-ring (bicyclic) bond motifs is 2. The van der Waals surface area contributed by atoms with Crippen molar-refractivity contribution in [1.82, 2.24) is 15.6 Å². The molecule has 2 rings (SSSR count). The molecule has 0 radical (unpaired) electrons. The second kappa shape index (κ2) is 20.0.